The van der Waals surface area contributed by atoms with Crippen LogP contribution < -0.4 is 5.32 Å². The molecule has 1 fully saturated rings. The minimum absolute atomic E-state index is 0.00357. The molecule has 1 heterocycles. The minimum atomic E-state index is -1.57. The maximum atomic E-state index is 13.0. The van der Waals surface area contributed by atoms with E-state index in [1.165, 1.54) is 302 Å². The third kappa shape index (κ3) is 56.2. The lowest BCUT2D eigenvalue weighted by molar-refractivity contribution is -0.302. The van der Waals surface area contributed by atoms with Gasteiger partial charge in [-0.2, -0.15) is 0 Å². The van der Waals surface area contributed by atoms with Crippen LogP contribution in [0.4, 0.5) is 0 Å². The zero-order valence-electron chi connectivity index (χ0n) is 59.1. The second-order valence-corrected chi connectivity index (χ2v) is 27.4. The normalized spacial score (nSPS) is 17.8. The first-order chi connectivity index (χ1) is 44.2. The molecule has 1 saturated heterocycles. The van der Waals surface area contributed by atoms with Crippen LogP contribution in [0.15, 0.2) is 36.5 Å². The molecule has 0 radical (unpaired) electrons. The molecule has 1 rings (SSSR count). The Morgan fingerprint density at radius 3 is 1.14 bits per heavy atom. The third-order valence-electron chi connectivity index (χ3n) is 18.7. The number of nitrogens with one attached hydrogen (secondary N) is 1. The average molecular weight is 1270 g/mol. The summed E-state index contributed by atoms with van der Waals surface area (Å²) in [6, 6.07) is -0.804. The Balaban J connectivity index is 1.85. The van der Waals surface area contributed by atoms with Crippen LogP contribution in [0, 0.1) is 0 Å². The molecule has 0 aromatic rings. The summed E-state index contributed by atoms with van der Waals surface area (Å²) in [7, 11) is 0. The summed E-state index contributed by atoms with van der Waals surface area (Å²) in [6.07, 6.45) is 79.0. The van der Waals surface area contributed by atoms with Crippen molar-refractivity contribution in [2.24, 2.45) is 0 Å². The van der Waals surface area contributed by atoms with E-state index in [0.717, 1.165) is 64.2 Å². The van der Waals surface area contributed by atoms with Crippen LogP contribution in [-0.4, -0.2) is 100 Å². The highest BCUT2D eigenvalue weighted by molar-refractivity contribution is 5.76. The molecule has 0 spiro atoms. The Morgan fingerprint density at radius 2 is 0.744 bits per heavy atom. The minimum Gasteiger partial charge on any atom is -0.466 e. The van der Waals surface area contributed by atoms with Gasteiger partial charge in [0.1, 0.15) is 24.4 Å². The topological polar surface area (TPSA) is 175 Å². The molecule has 1 aliphatic heterocycles. The molecule has 1 aliphatic rings. The predicted octanol–water partition coefficient (Wildman–Crippen LogP) is 20.9. The van der Waals surface area contributed by atoms with E-state index in [4.69, 9.17) is 14.2 Å². The molecule has 11 nitrogen and oxygen atoms in total. The largest absolute Gasteiger partial charge is 0.466 e. The highest BCUT2D eigenvalue weighted by Gasteiger charge is 2.44. The molecule has 7 atom stereocenters. The number of carbonyl (C=O) groups is 2. The molecular weight excluding hydrogens is 1120 g/mol. The van der Waals surface area contributed by atoms with Gasteiger partial charge in [0.05, 0.1) is 32.0 Å². The highest BCUT2D eigenvalue weighted by Crippen LogP contribution is 2.24. The van der Waals surface area contributed by atoms with Gasteiger partial charge in [-0.05, 0) is 64.2 Å². The molecule has 0 aliphatic carbocycles. The van der Waals surface area contributed by atoms with Crippen molar-refractivity contribution >= 4 is 11.9 Å². The average Bonchev–Trinajstić information content (AvgIpc) is 0.997. The molecule has 1 amide bonds. The van der Waals surface area contributed by atoms with Crippen molar-refractivity contribution in [2.45, 2.75) is 436 Å². The van der Waals surface area contributed by atoms with E-state index < -0.39 is 49.5 Å². The molecule has 6 N–H and O–H groups in total. The van der Waals surface area contributed by atoms with Gasteiger partial charge in [-0.25, -0.2) is 0 Å². The SMILES string of the molecule is CCCCC/C=C\C/C=C\CCCCCCCC(=O)OCCCCCCCCCCCCCCCCCCCCCCCCCCCCCCCCCCCCCCCC(=O)NC(COC1OC(CO)C(O)C(O)C1O)C(O)/C=C/CCCCCCCCCC. The Morgan fingerprint density at radius 1 is 0.411 bits per heavy atom. The maximum Gasteiger partial charge on any atom is 0.305 e. The number of ether oxygens (including phenoxy) is 3. The van der Waals surface area contributed by atoms with Gasteiger partial charge in [-0.3, -0.25) is 9.59 Å². The second kappa shape index (κ2) is 68.3. The lowest BCUT2D eigenvalue weighted by atomic mass is 9.99. The van der Waals surface area contributed by atoms with E-state index in [2.05, 4.69) is 43.5 Å². The van der Waals surface area contributed by atoms with E-state index in [1.54, 1.807) is 6.08 Å². The van der Waals surface area contributed by atoms with E-state index >= 15 is 0 Å². The summed E-state index contributed by atoms with van der Waals surface area (Å²) < 4.78 is 16.7. The van der Waals surface area contributed by atoms with E-state index in [1.807, 2.05) is 6.08 Å². The summed E-state index contributed by atoms with van der Waals surface area (Å²) in [5.41, 5.74) is 0. The maximum absolute atomic E-state index is 13.0. The number of amides is 1. The van der Waals surface area contributed by atoms with Crippen LogP contribution in [0.1, 0.15) is 393 Å². The number of unbranched alkanes of at least 4 members (excludes halogenated alkanes) is 52. The fourth-order valence-corrected chi connectivity index (χ4v) is 12.6. The molecule has 11 heteroatoms. The van der Waals surface area contributed by atoms with Gasteiger partial charge in [0.25, 0.3) is 0 Å². The van der Waals surface area contributed by atoms with Crippen LogP contribution in [0.3, 0.4) is 0 Å². The van der Waals surface area contributed by atoms with Crippen LogP contribution in [0.25, 0.3) is 0 Å². The first kappa shape index (κ1) is 85.9. The lowest BCUT2D eigenvalue weighted by Gasteiger charge is -2.40. The lowest BCUT2D eigenvalue weighted by Crippen LogP contribution is -2.60. The first-order valence-electron chi connectivity index (χ1n) is 39.3. The molecule has 0 aromatic carbocycles. The van der Waals surface area contributed by atoms with Crippen LogP contribution >= 0.6 is 0 Å². The molecule has 0 bridgehead atoms. The van der Waals surface area contributed by atoms with Crippen molar-refractivity contribution in [3.63, 3.8) is 0 Å². The van der Waals surface area contributed by atoms with Crippen LogP contribution in [0.2, 0.25) is 0 Å². The number of aliphatic hydroxyl groups is 5. The Kier molecular flexibility index (Phi) is 65.2. The monoisotopic (exact) mass is 1270 g/mol. The third-order valence-corrected chi connectivity index (χ3v) is 18.7. The Labute approximate surface area is 555 Å². The van der Waals surface area contributed by atoms with Gasteiger partial charge in [-0.15, -0.1) is 0 Å². The van der Waals surface area contributed by atoms with Crippen molar-refractivity contribution in [3.8, 4) is 0 Å². The zero-order valence-corrected chi connectivity index (χ0v) is 59.1. The van der Waals surface area contributed by atoms with Gasteiger partial charge in [0.2, 0.25) is 5.91 Å². The standard InChI is InChI=1S/C79H149NO10/c1-3-5-7-9-11-13-15-16-40-44-47-51-55-59-63-67-75(84)88-68-64-60-56-52-48-45-42-39-37-35-33-31-29-27-25-23-21-19-17-18-20-22-24-26-28-30-32-34-36-38-41-43-46-50-54-58-62-66-74(83)80-71(70-89-79-78(87)77(86)76(85)73(69-81)90-79)72(82)65-61-57-53-49-14-12-10-8-6-4-2/h11,13,16,40,61,65,71-73,76-79,81-82,85-87H,3-10,12,14-15,17-39,41-60,62-64,66-70H2,1-2H3,(H,80,83)/b13-11-,40-16-,65-61+. The van der Waals surface area contributed by atoms with E-state index in [9.17, 15) is 35.1 Å². The molecular formula is C79H149NO10. The van der Waals surface area contributed by atoms with E-state index in [0.29, 0.717) is 19.4 Å². The Hall–Kier alpha value is -2.12. The summed E-state index contributed by atoms with van der Waals surface area (Å²) >= 11 is 0. The van der Waals surface area contributed by atoms with Crippen LogP contribution in [-0.2, 0) is 23.8 Å². The van der Waals surface area contributed by atoms with Gasteiger partial charge in [0.15, 0.2) is 6.29 Å². The van der Waals surface area contributed by atoms with Gasteiger partial charge >= 0.3 is 5.97 Å². The van der Waals surface area contributed by atoms with Gasteiger partial charge in [-0.1, -0.05) is 352 Å². The summed E-state index contributed by atoms with van der Waals surface area (Å²) in [5.74, 6) is -0.172. The van der Waals surface area contributed by atoms with Crippen molar-refractivity contribution in [1.29, 1.82) is 0 Å². The zero-order chi connectivity index (χ0) is 65.1. The summed E-state index contributed by atoms with van der Waals surface area (Å²) in [6.45, 7) is 4.34. The van der Waals surface area contributed by atoms with Gasteiger partial charge < -0.3 is 45.1 Å². The van der Waals surface area contributed by atoms with Crippen molar-refractivity contribution < 1.29 is 49.3 Å². The molecule has 90 heavy (non-hydrogen) atoms. The quantitative estimate of drug-likeness (QED) is 0.0195. The first-order valence-corrected chi connectivity index (χ1v) is 39.3. The predicted molar refractivity (Wildman–Crippen MR) is 380 cm³/mol. The fraction of sp³-hybridized carbons (Fsp3) is 0.899. The molecule has 0 saturated carbocycles. The number of hydrogen-bond acceptors (Lipinski definition) is 10. The molecule has 7 unspecified atom stereocenters. The summed E-state index contributed by atoms with van der Waals surface area (Å²) in [5, 5.41) is 54.4. The number of esters is 1. The van der Waals surface area contributed by atoms with E-state index in [-0.39, 0.29) is 18.5 Å². The number of rotatable bonds is 70. The van der Waals surface area contributed by atoms with Crippen LogP contribution in [0.5, 0.6) is 0 Å². The Bertz CT molecular complexity index is 1590. The number of hydrogen-bond donors (Lipinski definition) is 6. The number of aliphatic hydroxyl groups excluding tert-OH is 5. The number of carbonyl (C=O) groups excluding carboxylic acids is 2. The van der Waals surface area contributed by atoms with Crippen molar-refractivity contribution in [3.05, 3.63) is 36.5 Å². The smallest absolute Gasteiger partial charge is 0.305 e. The van der Waals surface area contributed by atoms with Crippen molar-refractivity contribution in [1.82, 2.24) is 5.32 Å². The fourth-order valence-electron chi connectivity index (χ4n) is 12.6. The number of allylic oxidation sites excluding steroid dienone is 5. The molecule has 530 valence electrons. The highest BCUT2D eigenvalue weighted by atomic mass is 16.7. The molecule has 0 aromatic heterocycles. The van der Waals surface area contributed by atoms with Gasteiger partial charge in [0, 0.05) is 12.8 Å². The second-order valence-electron chi connectivity index (χ2n) is 27.4. The van der Waals surface area contributed by atoms with Crippen molar-refractivity contribution in [2.75, 3.05) is 19.8 Å². The summed E-state index contributed by atoms with van der Waals surface area (Å²) in [4.78, 5) is 25.1.